The highest BCUT2D eigenvalue weighted by Gasteiger charge is 2.27. The van der Waals surface area contributed by atoms with E-state index in [-0.39, 0.29) is 11.8 Å². The molecule has 2 fully saturated rings. The Morgan fingerprint density at radius 2 is 1.78 bits per heavy atom. The minimum atomic E-state index is 0.00262. The second kappa shape index (κ2) is 7.92. The van der Waals surface area contributed by atoms with E-state index in [1.807, 2.05) is 30.3 Å². The molecule has 0 saturated carbocycles. The second-order valence-corrected chi connectivity index (χ2v) is 7.28. The minimum absolute atomic E-state index is 0.00262. The van der Waals surface area contributed by atoms with Crippen LogP contribution in [0.4, 0.5) is 11.4 Å². The average Bonchev–Trinajstić information content (AvgIpc) is 3.32. The Labute approximate surface area is 160 Å². The molecule has 2 aromatic carbocycles. The maximum Gasteiger partial charge on any atom is 0.238 e. The fourth-order valence-electron chi connectivity index (χ4n) is 4.10. The third-order valence-corrected chi connectivity index (χ3v) is 5.43. The molecule has 5 nitrogen and oxygen atoms in total. The predicted molar refractivity (Wildman–Crippen MR) is 107 cm³/mol. The molecule has 0 bridgehead atoms. The van der Waals surface area contributed by atoms with Gasteiger partial charge in [0, 0.05) is 30.4 Å². The van der Waals surface area contributed by atoms with Gasteiger partial charge in [0.2, 0.25) is 11.8 Å². The summed E-state index contributed by atoms with van der Waals surface area (Å²) in [5, 5.41) is 2.99. The highest BCUT2D eigenvalue weighted by molar-refractivity contribution is 5.96. The van der Waals surface area contributed by atoms with E-state index in [1.165, 1.54) is 5.56 Å². The van der Waals surface area contributed by atoms with Crippen molar-refractivity contribution in [2.75, 3.05) is 29.9 Å². The molecule has 1 N–H and O–H groups in total. The summed E-state index contributed by atoms with van der Waals surface area (Å²) in [7, 11) is 0. The monoisotopic (exact) mass is 363 g/mol. The first-order valence-corrected chi connectivity index (χ1v) is 9.70. The zero-order valence-corrected chi connectivity index (χ0v) is 15.4. The molecule has 2 saturated heterocycles. The van der Waals surface area contributed by atoms with Crippen molar-refractivity contribution in [1.82, 2.24) is 4.90 Å². The summed E-state index contributed by atoms with van der Waals surface area (Å²) in [6.45, 7) is 2.12. The molecule has 1 atom stereocenters. The predicted octanol–water partition coefficient (Wildman–Crippen LogP) is 3.59. The van der Waals surface area contributed by atoms with Gasteiger partial charge >= 0.3 is 0 Å². The molecular weight excluding hydrogens is 338 g/mol. The second-order valence-electron chi connectivity index (χ2n) is 7.28. The molecule has 0 radical (unpaired) electrons. The number of nitrogens with zero attached hydrogens (tertiary/aromatic N) is 2. The maximum absolute atomic E-state index is 12.5. The molecule has 2 heterocycles. The quantitative estimate of drug-likeness (QED) is 0.883. The summed E-state index contributed by atoms with van der Waals surface area (Å²) < 4.78 is 0. The maximum atomic E-state index is 12.5. The molecule has 2 amide bonds. The molecule has 4 rings (SSSR count). The van der Waals surface area contributed by atoms with E-state index in [9.17, 15) is 9.59 Å². The van der Waals surface area contributed by atoms with Crippen LogP contribution in [0.2, 0.25) is 0 Å². The van der Waals surface area contributed by atoms with E-state index >= 15 is 0 Å². The van der Waals surface area contributed by atoms with Crippen LogP contribution in [0.1, 0.15) is 37.3 Å². The van der Waals surface area contributed by atoms with Crippen LogP contribution in [0.15, 0.2) is 54.6 Å². The van der Waals surface area contributed by atoms with Crippen LogP contribution in [-0.2, 0) is 9.59 Å². The van der Waals surface area contributed by atoms with Crippen LogP contribution in [0.25, 0.3) is 0 Å². The van der Waals surface area contributed by atoms with Crippen LogP contribution in [-0.4, -0.2) is 36.3 Å². The number of hydrogen-bond acceptors (Lipinski definition) is 3. The van der Waals surface area contributed by atoms with Gasteiger partial charge in [-0.25, -0.2) is 0 Å². The number of amides is 2. The average molecular weight is 363 g/mol. The molecule has 2 aromatic rings. The largest absolute Gasteiger partial charge is 0.325 e. The summed E-state index contributed by atoms with van der Waals surface area (Å²) >= 11 is 0. The summed E-state index contributed by atoms with van der Waals surface area (Å²) in [6.07, 6.45) is 3.74. The lowest BCUT2D eigenvalue weighted by Gasteiger charge is -2.24. The van der Waals surface area contributed by atoms with Crippen molar-refractivity contribution in [3.8, 4) is 0 Å². The lowest BCUT2D eigenvalue weighted by molar-refractivity contribution is -0.118. The molecule has 2 aliphatic rings. The highest BCUT2D eigenvalue weighted by atomic mass is 16.2. The summed E-state index contributed by atoms with van der Waals surface area (Å²) in [5.74, 6) is 0.176. The van der Waals surface area contributed by atoms with Crippen molar-refractivity contribution in [1.29, 1.82) is 0 Å². The van der Waals surface area contributed by atoms with Gasteiger partial charge in [0.05, 0.1) is 6.54 Å². The van der Waals surface area contributed by atoms with E-state index in [0.717, 1.165) is 43.7 Å². The fraction of sp³-hybridized carbons (Fsp3) is 0.364. The summed E-state index contributed by atoms with van der Waals surface area (Å²) in [5.41, 5.74) is 2.95. The van der Waals surface area contributed by atoms with Gasteiger partial charge in [-0.1, -0.05) is 30.3 Å². The van der Waals surface area contributed by atoms with Gasteiger partial charge in [-0.3, -0.25) is 14.5 Å². The van der Waals surface area contributed by atoms with Gasteiger partial charge in [-0.05, 0) is 55.6 Å². The number of nitrogens with one attached hydrogen (secondary N) is 1. The van der Waals surface area contributed by atoms with Gasteiger partial charge in [0.25, 0.3) is 0 Å². The normalized spacial score (nSPS) is 20.2. The molecule has 27 heavy (non-hydrogen) atoms. The number of carbonyl (C=O) groups is 2. The van der Waals surface area contributed by atoms with Gasteiger partial charge in [0.1, 0.15) is 0 Å². The van der Waals surface area contributed by atoms with Gasteiger partial charge in [0.15, 0.2) is 0 Å². The molecular formula is C22H25N3O2. The molecule has 140 valence electrons. The number of hydrogen-bond donors (Lipinski definition) is 1. The van der Waals surface area contributed by atoms with Crippen LogP contribution in [0, 0.1) is 0 Å². The first-order chi connectivity index (χ1) is 13.2. The molecule has 5 heteroatoms. The topological polar surface area (TPSA) is 52.7 Å². The molecule has 0 aliphatic carbocycles. The van der Waals surface area contributed by atoms with Crippen LogP contribution in [0.3, 0.4) is 0 Å². The lowest BCUT2D eigenvalue weighted by atomic mass is 10.0. The van der Waals surface area contributed by atoms with Crippen LogP contribution in [0.5, 0.6) is 0 Å². The summed E-state index contributed by atoms with van der Waals surface area (Å²) in [6, 6.07) is 18.3. The van der Waals surface area contributed by atoms with E-state index in [1.54, 1.807) is 4.90 Å². The summed E-state index contributed by atoms with van der Waals surface area (Å²) in [4.78, 5) is 28.4. The third-order valence-electron chi connectivity index (χ3n) is 5.43. The number of carbonyl (C=O) groups excluding carboxylic acids is 2. The van der Waals surface area contributed by atoms with Crippen LogP contribution >= 0.6 is 0 Å². The fourth-order valence-corrected chi connectivity index (χ4v) is 4.10. The third kappa shape index (κ3) is 4.03. The van der Waals surface area contributed by atoms with Crippen molar-refractivity contribution in [3.63, 3.8) is 0 Å². The number of benzene rings is 2. The standard InChI is InChI=1S/C22H25N3O2/c26-21(16-24-14-4-8-20(24)17-6-2-1-3-7-17)23-18-10-12-19(13-11-18)25-15-5-9-22(25)27/h1-3,6-7,10-13,20H,4-5,8-9,14-16H2,(H,23,26). The van der Waals surface area contributed by atoms with Crippen molar-refractivity contribution < 1.29 is 9.59 Å². The van der Waals surface area contributed by atoms with E-state index in [4.69, 9.17) is 0 Å². The Morgan fingerprint density at radius 1 is 1.00 bits per heavy atom. The molecule has 0 spiro atoms. The van der Waals surface area contributed by atoms with Crippen LogP contribution < -0.4 is 10.2 Å². The zero-order chi connectivity index (χ0) is 18.6. The van der Waals surface area contributed by atoms with Crippen molar-refractivity contribution in [2.24, 2.45) is 0 Å². The van der Waals surface area contributed by atoms with E-state index in [0.29, 0.717) is 19.0 Å². The van der Waals surface area contributed by atoms with E-state index < -0.39 is 0 Å². The first-order valence-electron chi connectivity index (χ1n) is 9.70. The van der Waals surface area contributed by atoms with E-state index in [2.05, 4.69) is 34.5 Å². The Bertz CT molecular complexity index is 804. The zero-order valence-electron chi connectivity index (χ0n) is 15.4. The Kier molecular flexibility index (Phi) is 5.21. The number of anilines is 2. The van der Waals surface area contributed by atoms with Gasteiger partial charge < -0.3 is 10.2 Å². The SMILES string of the molecule is O=C(CN1CCCC1c1ccccc1)Nc1ccc(N2CCCC2=O)cc1. The van der Waals surface area contributed by atoms with Crippen molar-refractivity contribution in [3.05, 3.63) is 60.2 Å². The number of rotatable bonds is 5. The first kappa shape index (κ1) is 17.7. The Hall–Kier alpha value is -2.66. The van der Waals surface area contributed by atoms with Gasteiger partial charge in [-0.2, -0.15) is 0 Å². The molecule has 0 aromatic heterocycles. The number of likely N-dealkylation sites (tertiary alicyclic amines) is 1. The van der Waals surface area contributed by atoms with Gasteiger partial charge in [-0.15, -0.1) is 0 Å². The minimum Gasteiger partial charge on any atom is -0.325 e. The van der Waals surface area contributed by atoms with Crippen molar-refractivity contribution in [2.45, 2.75) is 31.7 Å². The smallest absolute Gasteiger partial charge is 0.238 e. The Morgan fingerprint density at radius 3 is 2.48 bits per heavy atom. The lowest BCUT2D eigenvalue weighted by Crippen LogP contribution is -2.32. The molecule has 1 unspecified atom stereocenters. The molecule has 2 aliphatic heterocycles. The van der Waals surface area contributed by atoms with Crippen molar-refractivity contribution >= 4 is 23.2 Å². The highest BCUT2D eigenvalue weighted by Crippen LogP contribution is 2.31. The Balaban J connectivity index is 1.36.